The third-order valence-electron chi connectivity index (χ3n) is 5.19. The van der Waals surface area contributed by atoms with Gasteiger partial charge in [0, 0.05) is 23.5 Å². The fourth-order valence-corrected chi connectivity index (χ4v) is 4.51. The molecule has 1 aliphatic heterocycles. The molecule has 3 aromatic rings. The molecular formula is C21H21N3O4S. The number of carbonyl (C=O) groups is 2. The van der Waals surface area contributed by atoms with E-state index < -0.39 is 12.1 Å². The smallest absolute Gasteiger partial charge is 0.338 e. The Kier molecular flexibility index (Phi) is 4.96. The van der Waals surface area contributed by atoms with Gasteiger partial charge in [-0.25, -0.2) is 9.78 Å². The number of H-pyrrole nitrogens is 1. The van der Waals surface area contributed by atoms with Gasteiger partial charge in [-0.2, -0.15) is 0 Å². The lowest BCUT2D eigenvalue weighted by atomic mass is 10.2. The lowest BCUT2D eigenvalue weighted by Crippen LogP contribution is -2.24. The molecule has 0 aliphatic carbocycles. The number of nitrogens with zero attached hydrogens (tertiary/aromatic N) is 2. The topological polar surface area (TPSA) is 92.4 Å². The maximum atomic E-state index is 12.6. The zero-order valence-electron chi connectivity index (χ0n) is 16.4. The number of ether oxygens (including phenoxy) is 1. The van der Waals surface area contributed by atoms with E-state index in [0.717, 1.165) is 16.9 Å². The van der Waals surface area contributed by atoms with Gasteiger partial charge in [0.2, 0.25) is 5.91 Å². The van der Waals surface area contributed by atoms with Crippen molar-refractivity contribution in [2.75, 3.05) is 11.4 Å². The van der Waals surface area contributed by atoms with Crippen LogP contribution in [-0.4, -0.2) is 28.4 Å². The standard InChI is InChI=1S/C21H21N3O4S/c1-11-13(3)29-20-17(11)19(26)22-18(23-20)12(2)28-21(27)14-6-4-7-15(10-14)24-9-5-8-16(24)25/h4,6-7,10,12H,5,8-9H2,1-3H3,(H,22,23,26). The number of benzene rings is 1. The highest BCUT2D eigenvalue weighted by molar-refractivity contribution is 7.18. The van der Waals surface area contributed by atoms with Crippen molar-refractivity contribution in [2.45, 2.75) is 39.7 Å². The molecule has 7 nitrogen and oxygen atoms in total. The van der Waals surface area contributed by atoms with Crippen LogP contribution in [0.15, 0.2) is 29.1 Å². The first kappa shape index (κ1) is 19.3. The van der Waals surface area contributed by atoms with E-state index >= 15 is 0 Å². The van der Waals surface area contributed by atoms with Crippen LogP contribution < -0.4 is 10.5 Å². The molecule has 1 atom stereocenters. The van der Waals surface area contributed by atoms with Crippen LogP contribution in [0.3, 0.4) is 0 Å². The van der Waals surface area contributed by atoms with Gasteiger partial charge in [-0.1, -0.05) is 6.07 Å². The second kappa shape index (κ2) is 7.44. The maximum absolute atomic E-state index is 12.6. The molecular weight excluding hydrogens is 390 g/mol. The molecule has 1 fully saturated rings. The number of nitrogens with one attached hydrogen (secondary N) is 1. The number of aryl methyl sites for hydroxylation is 2. The summed E-state index contributed by atoms with van der Waals surface area (Å²) in [5.41, 5.74) is 1.72. The molecule has 1 N–H and O–H groups in total. The Morgan fingerprint density at radius 3 is 2.83 bits per heavy atom. The molecule has 1 aromatic carbocycles. The molecule has 0 bridgehead atoms. The van der Waals surface area contributed by atoms with Crippen molar-refractivity contribution < 1.29 is 14.3 Å². The van der Waals surface area contributed by atoms with Gasteiger partial charge in [-0.05, 0) is 51.0 Å². The lowest BCUT2D eigenvalue weighted by molar-refractivity contribution is -0.117. The molecule has 0 saturated carbocycles. The summed E-state index contributed by atoms with van der Waals surface area (Å²) in [6.07, 6.45) is 0.613. The van der Waals surface area contributed by atoms with E-state index in [9.17, 15) is 14.4 Å². The number of rotatable bonds is 4. The Hall–Kier alpha value is -3.00. The monoisotopic (exact) mass is 411 g/mol. The van der Waals surface area contributed by atoms with Crippen LogP contribution in [0.1, 0.15) is 52.5 Å². The summed E-state index contributed by atoms with van der Waals surface area (Å²) in [7, 11) is 0. The molecule has 29 heavy (non-hydrogen) atoms. The predicted octanol–water partition coefficient (Wildman–Crippen LogP) is 3.65. The van der Waals surface area contributed by atoms with Gasteiger partial charge in [0.1, 0.15) is 4.83 Å². The number of hydrogen-bond donors (Lipinski definition) is 1. The average molecular weight is 411 g/mol. The normalized spacial score (nSPS) is 15.1. The minimum Gasteiger partial charge on any atom is -0.451 e. The van der Waals surface area contributed by atoms with E-state index in [0.29, 0.717) is 40.3 Å². The largest absolute Gasteiger partial charge is 0.451 e. The fraction of sp³-hybridized carbons (Fsp3) is 0.333. The number of thiophene rings is 1. The van der Waals surface area contributed by atoms with Crippen LogP contribution in [-0.2, 0) is 9.53 Å². The number of amides is 1. The van der Waals surface area contributed by atoms with Crippen LogP contribution in [0.5, 0.6) is 0 Å². The highest BCUT2D eigenvalue weighted by Gasteiger charge is 2.23. The second-order valence-electron chi connectivity index (χ2n) is 7.16. The molecule has 1 amide bonds. The number of hydrogen-bond acceptors (Lipinski definition) is 6. The van der Waals surface area contributed by atoms with Crippen molar-refractivity contribution in [3.05, 3.63) is 56.4 Å². The van der Waals surface area contributed by atoms with Gasteiger partial charge >= 0.3 is 5.97 Å². The summed E-state index contributed by atoms with van der Waals surface area (Å²) in [6.45, 7) is 6.16. The summed E-state index contributed by atoms with van der Waals surface area (Å²) in [4.78, 5) is 47.6. The summed E-state index contributed by atoms with van der Waals surface area (Å²) in [5.74, 6) is -0.171. The Morgan fingerprint density at radius 1 is 1.31 bits per heavy atom. The van der Waals surface area contributed by atoms with E-state index in [1.165, 1.54) is 11.3 Å². The van der Waals surface area contributed by atoms with Crippen LogP contribution in [0.25, 0.3) is 10.2 Å². The Balaban J connectivity index is 1.56. The minimum atomic E-state index is -0.723. The molecule has 2 aromatic heterocycles. The predicted molar refractivity (Wildman–Crippen MR) is 112 cm³/mol. The van der Waals surface area contributed by atoms with Crippen molar-refractivity contribution in [1.29, 1.82) is 0 Å². The molecule has 1 unspecified atom stereocenters. The van der Waals surface area contributed by atoms with Gasteiger partial charge in [0.15, 0.2) is 11.9 Å². The number of anilines is 1. The highest BCUT2D eigenvalue weighted by Crippen LogP contribution is 2.27. The van der Waals surface area contributed by atoms with E-state index in [-0.39, 0.29) is 11.5 Å². The third kappa shape index (κ3) is 3.55. The number of aromatic nitrogens is 2. The quantitative estimate of drug-likeness (QED) is 0.662. The Bertz CT molecular complexity index is 1180. The SMILES string of the molecule is Cc1sc2nc(C(C)OC(=O)c3cccc(N4CCCC4=O)c3)[nH]c(=O)c2c1C. The maximum Gasteiger partial charge on any atom is 0.338 e. The van der Waals surface area contributed by atoms with Crippen molar-refractivity contribution in [3.63, 3.8) is 0 Å². The molecule has 0 spiro atoms. The summed E-state index contributed by atoms with van der Waals surface area (Å²) in [5, 5.41) is 0.581. The molecule has 1 aliphatic rings. The van der Waals surface area contributed by atoms with E-state index in [1.54, 1.807) is 36.1 Å². The molecule has 0 radical (unpaired) electrons. The second-order valence-corrected chi connectivity index (χ2v) is 8.36. The van der Waals surface area contributed by atoms with Crippen molar-refractivity contribution in [1.82, 2.24) is 9.97 Å². The lowest BCUT2D eigenvalue weighted by Gasteiger charge is -2.17. The molecule has 8 heteroatoms. The Morgan fingerprint density at radius 2 is 2.10 bits per heavy atom. The zero-order valence-corrected chi connectivity index (χ0v) is 17.3. The number of carbonyl (C=O) groups excluding carboxylic acids is 2. The van der Waals surface area contributed by atoms with Gasteiger partial charge in [0.05, 0.1) is 10.9 Å². The molecule has 150 valence electrons. The summed E-state index contributed by atoms with van der Waals surface area (Å²) < 4.78 is 5.54. The van der Waals surface area contributed by atoms with E-state index in [2.05, 4.69) is 9.97 Å². The average Bonchev–Trinajstić information content (AvgIpc) is 3.25. The first-order valence-corrected chi connectivity index (χ1v) is 10.3. The van der Waals surface area contributed by atoms with Gasteiger partial charge in [-0.15, -0.1) is 11.3 Å². The van der Waals surface area contributed by atoms with Crippen molar-refractivity contribution in [2.24, 2.45) is 0 Å². The van der Waals surface area contributed by atoms with Crippen molar-refractivity contribution in [3.8, 4) is 0 Å². The molecule has 1 saturated heterocycles. The first-order chi connectivity index (χ1) is 13.8. The summed E-state index contributed by atoms with van der Waals surface area (Å²) >= 11 is 1.45. The Labute approximate surface area is 171 Å². The highest BCUT2D eigenvalue weighted by atomic mass is 32.1. The molecule has 3 heterocycles. The van der Waals surface area contributed by atoms with Crippen molar-refractivity contribution >= 4 is 39.1 Å². The molecule has 4 rings (SSSR count). The number of fused-ring (bicyclic) bond motifs is 1. The van der Waals surface area contributed by atoms with Gasteiger partial charge < -0.3 is 14.6 Å². The fourth-order valence-electron chi connectivity index (χ4n) is 3.47. The number of esters is 1. The summed E-state index contributed by atoms with van der Waals surface area (Å²) in [6, 6.07) is 6.83. The van der Waals surface area contributed by atoms with Crippen LogP contribution in [0.2, 0.25) is 0 Å². The zero-order chi connectivity index (χ0) is 20.7. The van der Waals surface area contributed by atoms with Crippen LogP contribution in [0, 0.1) is 13.8 Å². The van der Waals surface area contributed by atoms with E-state index in [1.807, 2.05) is 13.8 Å². The van der Waals surface area contributed by atoms with E-state index in [4.69, 9.17) is 4.74 Å². The van der Waals surface area contributed by atoms with Gasteiger partial charge in [-0.3, -0.25) is 9.59 Å². The third-order valence-corrected chi connectivity index (χ3v) is 6.29. The number of aromatic amines is 1. The van der Waals surface area contributed by atoms with Crippen LogP contribution >= 0.6 is 11.3 Å². The first-order valence-electron chi connectivity index (χ1n) is 9.46. The van der Waals surface area contributed by atoms with Gasteiger partial charge in [0.25, 0.3) is 5.56 Å². The minimum absolute atomic E-state index is 0.0560. The van der Waals surface area contributed by atoms with Crippen LogP contribution in [0.4, 0.5) is 5.69 Å².